The highest BCUT2D eigenvalue weighted by atomic mass is 35.5. The monoisotopic (exact) mass is 710 g/mol. The number of halogens is 1. The molecule has 1 unspecified atom stereocenters. The fourth-order valence-electron chi connectivity index (χ4n) is 5.98. The van der Waals surface area contributed by atoms with E-state index in [0.29, 0.717) is 37.0 Å². The van der Waals surface area contributed by atoms with E-state index in [1.54, 1.807) is 24.0 Å². The van der Waals surface area contributed by atoms with Gasteiger partial charge in [-0.3, -0.25) is 9.48 Å². The maximum atomic E-state index is 13.5. The van der Waals surface area contributed by atoms with Crippen molar-refractivity contribution in [3.63, 3.8) is 0 Å². The van der Waals surface area contributed by atoms with Crippen LogP contribution in [-0.4, -0.2) is 43.8 Å². The van der Waals surface area contributed by atoms with E-state index in [0.717, 1.165) is 56.8 Å². The first-order chi connectivity index (χ1) is 24.3. The van der Waals surface area contributed by atoms with Gasteiger partial charge in [-0.15, -0.1) is 0 Å². The molecule has 0 spiro atoms. The summed E-state index contributed by atoms with van der Waals surface area (Å²) in [4.78, 5) is 25.8. The summed E-state index contributed by atoms with van der Waals surface area (Å²) in [6.45, 7) is 13.1. The Kier molecular flexibility index (Phi) is 12.0. The number of nitrogens with one attached hydrogen (secondary N) is 2. The average molecular weight is 711 g/mol. The van der Waals surface area contributed by atoms with Crippen LogP contribution in [0.1, 0.15) is 78.7 Å². The lowest BCUT2D eigenvalue weighted by Gasteiger charge is -2.21. The molecule has 0 saturated carbocycles. The molecule has 11 heteroatoms. The standard InChI is InChI=1S/C40H47ClN6O4/c1-8-20-50-25-47-27(3)37(26(2)45-47)30-14-12-29(13-15-30)35(44-38(48)36-18-19-43-46(36)7)23-33-22-32(16-17-34(33)41)31-11-9-10-28(21-31)24-42-39(49)51-40(4,5)6/h9-19,21-22,35H,8,20,23-25H2,1-7H3,(H,42,49)(H,44,48). The first kappa shape index (κ1) is 37.3. The Balaban J connectivity index is 1.41. The van der Waals surface area contributed by atoms with Crippen LogP contribution in [-0.2, 0) is 36.2 Å². The smallest absolute Gasteiger partial charge is 0.407 e. The third kappa shape index (κ3) is 9.65. The van der Waals surface area contributed by atoms with Crippen LogP contribution in [0, 0.1) is 13.8 Å². The zero-order valence-electron chi connectivity index (χ0n) is 30.4. The maximum absolute atomic E-state index is 13.5. The number of carbonyl (C=O) groups is 2. The number of aryl methyl sites for hydroxylation is 2. The average Bonchev–Trinajstić information content (AvgIpc) is 3.65. The molecule has 5 rings (SSSR count). The molecular weight excluding hydrogens is 664 g/mol. The highest BCUT2D eigenvalue weighted by Gasteiger charge is 2.22. The quantitative estimate of drug-likeness (QED) is 0.119. The minimum Gasteiger partial charge on any atom is -0.444 e. The molecule has 0 fully saturated rings. The number of alkyl carbamates (subject to hydrolysis) is 1. The molecule has 10 nitrogen and oxygen atoms in total. The van der Waals surface area contributed by atoms with E-state index in [1.165, 1.54) is 0 Å². The van der Waals surface area contributed by atoms with E-state index in [1.807, 2.05) is 80.9 Å². The molecule has 0 aliphatic carbocycles. The second kappa shape index (κ2) is 16.4. The van der Waals surface area contributed by atoms with Gasteiger partial charge >= 0.3 is 6.09 Å². The van der Waals surface area contributed by atoms with Gasteiger partial charge in [-0.05, 0) is 105 Å². The van der Waals surface area contributed by atoms with E-state index in [4.69, 9.17) is 26.2 Å². The summed E-state index contributed by atoms with van der Waals surface area (Å²) >= 11 is 6.83. The van der Waals surface area contributed by atoms with Crippen molar-refractivity contribution in [3.8, 4) is 22.3 Å². The third-order valence-corrected chi connectivity index (χ3v) is 8.84. The molecule has 0 radical (unpaired) electrons. The van der Waals surface area contributed by atoms with Crippen molar-refractivity contribution in [3.05, 3.63) is 118 Å². The lowest BCUT2D eigenvalue weighted by molar-refractivity contribution is 0.0523. The van der Waals surface area contributed by atoms with Crippen molar-refractivity contribution in [2.24, 2.45) is 7.05 Å². The van der Waals surface area contributed by atoms with Gasteiger partial charge in [0.2, 0.25) is 0 Å². The molecule has 0 bridgehead atoms. The molecule has 5 aromatic rings. The van der Waals surface area contributed by atoms with Gasteiger partial charge in [0.05, 0.1) is 11.7 Å². The predicted octanol–water partition coefficient (Wildman–Crippen LogP) is 8.34. The number of hydrogen-bond donors (Lipinski definition) is 2. The van der Waals surface area contributed by atoms with Gasteiger partial charge < -0.3 is 20.1 Å². The summed E-state index contributed by atoms with van der Waals surface area (Å²) in [5.74, 6) is -0.235. The summed E-state index contributed by atoms with van der Waals surface area (Å²) < 4.78 is 14.6. The second-order valence-corrected chi connectivity index (χ2v) is 14.0. The minimum absolute atomic E-state index is 0.235. The largest absolute Gasteiger partial charge is 0.444 e. The SMILES string of the molecule is CCCOCn1nc(C)c(-c2ccc(C(Cc3cc(-c4cccc(CNC(=O)OC(C)(C)C)c4)ccc3Cl)NC(=O)c3ccnn3C)cc2)c1C. The van der Waals surface area contributed by atoms with Gasteiger partial charge in [-0.1, -0.05) is 67.1 Å². The summed E-state index contributed by atoms with van der Waals surface area (Å²) in [6, 6.07) is 23.4. The van der Waals surface area contributed by atoms with E-state index in [2.05, 4.69) is 47.8 Å². The number of hydrogen-bond acceptors (Lipinski definition) is 6. The van der Waals surface area contributed by atoms with Crippen molar-refractivity contribution < 1.29 is 19.1 Å². The third-order valence-electron chi connectivity index (χ3n) is 8.47. The van der Waals surface area contributed by atoms with E-state index < -0.39 is 17.7 Å². The fraction of sp³-hybridized carbons (Fsp3) is 0.350. The number of benzene rings is 3. The lowest BCUT2D eigenvalue weighted by Crippen LogP contribution is -2.32. The fourth-order valence-corrected chi connectivity index (χ4v) is 6.17. The molecule has 51 heavy (non-hydrogen) atoms. The van der Waals surface area contributed by atoms with Crippen molar-refractivity contribution in [1.82, 2.24) is 30.2 Å². The second-order valence-electron chi connectivity index (χ2n) is 13.6. The van der Waals surface area contributed by atoms with Crippen LogP contribution < -0.4 is 10.6 Å². The van der Waals surface area contributed by atoms with E-state index >= 15 is 0 Å². The molecule has 2 amide bonds. The Morgan fingerprint density at radius 3 is 2.37 bits per heavy atom. The summed E-state index contributed by atoms with van der Waals surface area (Å²) in [5.41, 5.74) is 8.62. The Morgan fingerprint density at radius 2 is 1.69 bits per heavy atom. The zero-order valence-corrected chi connectivity index (χ0v) is 31.2. The topological polar surface area (TPSA) is 112 Å². The van der Waals surface area contributed by atoms with Crippen molar-refractivity contribution >= 4 is 23.6 Å². The molecule has 0 aliphatic rings. The molecule has 268 valence electrons. The van der Waals surface area contributed by atoms with Crippen molar-refractivity contribution in [2.75, 3.05) is 6.61 Å². The number of aromatic nitrogens is 4. The van der Waals surface area contributed by atoms with E-state index in [9.17, 15) is 9.59 Å². The Bertz CT molecular complexity index is 1980. The summed E-state index contributed by atoms with van der Waals surface area (Å²) in [6.07, 6.45) is 2.53. The summed E-state index contributed by atoms with van der Waals surface area (Å²) in [7, 11) is 1.74. The van der Waals surface area contributed by atoms with Crippen LogP contribution in [0.4, 0.5) is 4.79 Å². The minimum atomic E-state index is -0.575. The van der Waals surface area contributed by atoms with Gasteiger partial charge in [0, 0.05) is 42.7 Å². The molecular formula is C40H47ClN6O4. The van der Waals surface area contributed by atoms with Gasteiger partial charge in [0.15, 0.2) is 0 Å². The number of ether oxygens (including phenoxy) is 2. The molecule has 0 aliphatic heterocycles. The van der Waals surface area contributed by atoms with Crippen LogP contribution in [0.25, 0.3) is 22.3 Å². The van der Waals surface area contributed by atoms with Gasteiger partial charge in [0.25, 0.3) is 5.91 Å². The molecule has 2 heterocycles. The summed E-state index contributed by atoms with van der Waals surface area (Å²) in [5, 5.41) is 15.6. The molecule has 1 atom stereocenters. The van der Waals surface area contributed by atoms with Crippen LogP contribution >= 0.6 is 11.6 Å². The number of rotatable bonds is 13. The van der Waals surface area contributed by atoms with Crippen LogP contribution in [0.15, 0.2) is 79.0 Å². The van der Waals surface area contributed by atoms with E-state index in [-0.39, 0.29) is 5.91 Å². The van der Waals surface area contributed by atoms with Crippen LogP contribution in [0.3, 0.4) is 0 Å². The molecule has 2 aromatic heterocycles. The molecule has 0 saturated heterocycles. The zero-order chi connectivity index (χ0) is 36.7. The van der Waals surface area contributed by atoms with Crippen molar-refractivity contribution in [1.29, 1.82) is 0 Å². The highest BCUT2D eigenvalue weighted by Crippen LogP contribution is 2.32. The molecule has 2 N–H and O–H groups in total. The van der Waals surface area contributed by atoms with Gasteiger partial charge in [-0.25, -0.2) is 9.48 Å². The Labute approximate surface area is 305 Å². The van der Waals surface area contributed by atoms with Crippen LogP contribution in [0.5, 0.6) is 0 Å². The predicted molar refractivity (Wildman–Crippen MR) is 200 cm³/mol. The number of nitrogens with zero attached hydrogens (tertiary/aromatic N) is 4. The first-order valence-electron chi connectivity index (χ1n) is 17.2. The number of amides is 2. The molecule has 3 aromatic carbocycles. The van der Waals surface area contributed by atoms with Gasteiger partial charge in [-0.2, -0.15) is 10.2 Å². The van der Waals surface area contributed by atoms with Crippen LogP contribution in [0.2, 0.25) is 5.02 Å². The maximum Gasteiger partial charge on any atom is 0.407 e. The van der Waals surface area contributed by atoms with Crippen molar-refractivity contribution in [2.45, 2.75) is 79.3 Å². The number of carbonyl (C=O) groups excluding carboxylic acids is 2. The van der Waals surface area contributed by atoms with Gasteiger partial charge in [0.1, 0.15) is 18.0 Å². The highest BCUT2D eigenvalue weighted by molar-refractivity contribution is 6.31. The lowest BCUT2D eigenvalue weighted by atomic mass is 9.93. The first-order valence-corrected chi connectivity index (χ1v) is 17.6. The Hall–Kier alpha value is -4.93. The normalized spacial score (nSPS) is 12.1. The Morgan fingerprint density at radius 1 is 0.961 bits per heavy atom.